The van der Waals surface area contributed by atoms with Gasteiger partial charge < -0.3 is 14.5 Å². The number of esters is 1. The van der Waals surface area contributed by atoms with Crippen molar-refractivity contribution in [2.75, 3.05) is 38.2 Å². The molecule has 214 valence electrons. The van der Waals surface area contributed by atoms with E-state index in [4.69, 9.17) is 16.3 Å². The number of halogens is 2. The molecule has 3 heterocycles. The molecule has 3 aliphatic rings. The van der Waals surface area contributed by atoms with E-state index in [0.717, 1.165) is 49.4 Å². The predicted molar refractivity (Wildman–Crippen MR) is 160 cm³/mol. The zero-order chi connectivity index (χ0) is 28.5. The van der Waals surface area contributed by atoms with Gasteiger partial charge in [0.05, 0.1) is 28.9 Å². The van der Waals surface area contributed by atoms with Crippen LogP contribution in [0, 0.1) is 5.82 Å². The fraction of sp³-hybridized carbons (Fsp3) is 0.375. The van der Waals surface area contributed by atoms with Gasteiger partial charge in [-0.15, -0.1) is 0 Å². The lowest BCUT2D eigenvalue weighted by atomic mass is 9.90. The highest BCUT2D eigenvalue weighted by molar-refractivity contribution is 7.97. The highest BCUT2D eigenvalue weighted by Gasteiger charge is 2.43. The van der Waals surface area contributed by atoms with Gasteiger partial charge in [-0.3, -0.25) is 4.79 Å². The number of carbonyl (C=O) groups excluding carboxylic acids is 2. The zero-order valence-corrected chi connectivity index (χ0v) is 24.5. The molecule has 6 nitrogen and oxygen atoms in total. The number of piperazine rings is 1. The van der Waals surface area contributed by atoms with Gasteiger partial charge in [-0.1, -0.05) is 41.9 Å². The van der Waals surface area contributed by atoms with E-state index in [1.165, 1.54) is 30.9 Å². The van der Waals surface area contributed by atoms with Crippen molar-refractivity contribution in [2.45, 2.75) is 48.6 Å². The molecular formula is C32H33ClFN3O3S. The molecule has 3 aromatic rings. The first-order valence-corrected chi connectivity index (χ1v) is 15.3. The van der Waals surface area contributed by atoms with Crippen LogP contribution in [0.4, 0.5) is 10.1 Å². The van der Waals surface area contributed by atoms with Gasteiger partial charge in [0.25, 0.3) is 5.91 Å². The lowest BCUT2D eigenvalue weighted by molar-refractivity contribution is 0.0598. The number of ether oxygens (including phenoxy) is 1. The van der Waals surface area contributed by atoms with Crippen LogP contribution in [0.1, 0.15) is 57.9 Å². The maximum absolute atomic E-state index is 13.6. The van der Waals surface area contributed by atoms with Gasteiger partial charge in [0, 0.05) is 43.2 Å². The Kier molecular flexibility index (Phi) is 8.24. The highest BCUT2D eigenvalue weighted by Crippen LogP contribution is 2.41. The van der Waals surface area contributed by atoms with Crippen LogP contribution >= 0.6 is 23.5 Å². The van der Waals surface area contributed by atoms with Crippen molar-refractivity contribution < 1.29 is 18.7 Å². The van der Waals surface area contributed by atoms with Crippen LogP contribution in [0.3, 0.4) is 0 Å². The number of nitrogens with zero attached hydrogens (tertiary/aromatic N) is 3. The monoisotopic (exact) mass is 593 g/mol. The first-order valence-electron chi connectivity index (χ1n) is 14.1. The number of hydrogen-bond donors (Lipinski definition) is 0. The fourth-order valence-corrected chi connectivity index (χ4v) is 7.75. The predicted octanol–water partition coefficient (Wildman–Crippen LogP) is 6.65. The van der Waals surface area contributed by atoms with Crippen molar-refractivity contribution in [3.05, 3.63) is 94.3 Å². The Hall–Kier alpha value is -3.07. The maximum atomic E-state index is 13.6. The third kappa shape index (κ3) is 5.83. The number of methoxy groups -OCH3 is 1. The van der Waals surface area contributed by atoms with Gasteiger partial charge >= 0.3 is 5.97 Å². The summed E-state index contributed by atoms with van der Waals surface area (Å²) < 4.78 is 21.1. The number of benzene rings is 3. The second-order valence-electron chi connectivity index (χ2n) is 11.0. The van der Waals surface area contributed by atoms with E-state index in [-0.39, 0.29) is 29.0 Å². The molecule has 3 fully saturated rings. The molecule has 1 amide bonds. The van der Waals surface area contributed by atoms with Crippen LogP contribution in [0.15, 0.2) is 71.6 Å². The normalized spacial score (nSPS) is 21.2. The second-order valence-corrected chi connectivity index (χ2v) is 12.6. The molecule has 3 aliphatic heterocycles. The minimum Gasteiger partial charge on any atom is -0.465 e. The summed E-state index contributed by atoms with van der Waals surface area (Å²) in [6.07, 6.45) is 4.05. The van der Waals surface area contributed by atoms with Crippen molar-refractivity contribution in [3.63, 3.8) is 0 Å². The van der Waals surface area contributed by atoms with Crippen molar-refractivity contribution in [3.8, 4) is 0 Å². The van der Waals surface area contributed by atoms with Gasteiger partial charge in [-0.25, -0.2) is 13.5 Å². The van der Waals surface area contributed by atoms with Gasteiger partial charge in [-0.05, 0) is 85.5 Å². The van der Waals surface area contributed by atoms with E-state index in [0.29, 0.717) is 30.1 Å². The Morgan fingerprint density at radius 3 is 2.24 bits per heavy atom. The third-order valence-corrected chi connectivity index (χ3v) is 9.94. The SMILES string of the molecule is COC(=O)c1ccc(SN2CCC(c3ccccc3)CC2)cc1N1C2CCC1CN(C(=O)c1ccc(F)cc1Cl)C2. The minimum absolute atomic E-state index is 0.0576. The van der Waals surface area contributed by atoms with Gasteiger partial charge in [-0.2, -0.15) is 0 Å². The molecule has 6 rings (SSSR count). The first-order chi connectivity index (χ1) is 19.9. The quantitative estimate of drug-likeness (QED) is 0.236. The molecule has 3 aromatic carbocycles. The molecule has 2 unspecified atom stereocenters. The maximum Gasteiger partial charge on any atom is 0.339 e. The third-order valence-electron chi connectivity index (χ3n) is 8.54. The standard InChI is InChI=1S/C32H33ClFN3O3S/c1-40-32(39)28-12-10-26(41-36-15-13-22(14-16-36)21-5-3-2-4-6-21)18-30(28)37-24-8-9-25(37)20-35(19-24)31(38)27-11-7-23(34)17-29(27)33/h2-7,10-12,17-18,22,24-25H,8-9,13-16,19-20H2,1H3. The van der Waals surface area contributed by atoms with Gasteiger partial charge in [0.2, 0.25) is 0 Å². The summed E-state index contributed by atoms with van der Waals surface area (Å²) in [5.41, 5.74) is 3.13. The van der Waals surface area contributed by atoms with Crippen LogP contribution in [-0.4, -0.2) is 66.5 Å². The Balaban J connectivity index is 1.19. The second kappa shape index (κ2) is 12.0. The van der Waals surface area contributed by atoms with E-state index in [1.807, 2.05) is 17.0 Å². The van der Waals surface area contributed by atoms with Gasteiger partial charge in [0.15, 0.2) is 0 Å². The van der Waals surface area contributed by atoms with Crippen molar-refractivity contribution >= 4 is 41.1 Å². The number of fused-ring (bicyclic) bond motifs is 2. The number of anilines is 1. The van der Waals surface area contributed by atoms with Crippen molar-refractivity contribution in [2.24, 2.45) is 0 Å². The molecule has 0 spiro atoms. The number of carbonyl (C=O) groups is 2. The lowest BCUT2D eigenvalue weighted by Gasteiger charge is -2.43. The molecule has 3 saturated heterocycles. The molecule has 0 radical (unpaired) electrons. The van der Waals surface area contributed by atoms with Crippen LogP contribution in [0.2, 0.25) is 5.02 Å². The Labute approximate surface area is 249 Å². The van der Waals surface area contributed by atoms with Crippen LogP contribution in [0.25, 0.3) is 0 Å². The lowest BCUT2D eigenvalue weighted by Crippen LogP contribution is -2.55. The summed E-state index contributed by atoms with van der Waals surface area (Å²) in [5, 5.41) is 0.121. The smallest absolute Gasteiger partial charge is 0.339 e. The fourth-order valence-electron chi connectivity index (χ4n) is 6.51. The largest absolute Gasteiger partial charge is 0.465 e. The molecule has 9 heteroatoms. The summed E-state index contributed by atoms with van der Waals surface area (Å²) in [6, 6.07) is 20.7. The molecule has 41 heavy (non-hydrogen) atoms. The topological polar surface area (TPSA) is 53.1 Å². The van der Waals surface area contributed by atoms with E-state index in [9.17, 15) is 14.0 Å². The number of hydrogen-bond acceptors (Lipinski definition) is 6. The number of likely N-dealkylation sites (tertiary alicyclic amines) is 1. The first kappa shape index (κ1) is 28.1. The Bertz CT molecular complexity index is 1420. The molecule has 2 bridgehead atoms. The minimum atomic E-state index is -0.468. The van der Waals surface area contributed by atoms with Gasteiger partial charge in [0.1, 0.15) is 5.82 Å². The van der Waals surface area contributed by atoms with Crippen molar-refractivity contribution in [1.82, 2.24) is 9.21 Å². The summed E-state index contributed by atoms with van der Waals surface area (Å²) in [4.78, 5) is 31.4. The average molecular weight is 594 g/mol. The average Bonchev–Trinajstić information content (AvgIpc) is 3.25. The molecule has 0 N–H and O–H groups in total. The molecule has 0 saturated carbocycles. The molecular weight excluding hydrogens is 561 g/mol. The summed E-state index contributed by atoms with van der Waals surface area (Å²) >= 11 is 7.95. The van der Waals surface area contributed by atoms with Crippen LogP contribution in [-0.2, 0) is 4.74 Å². The van der Waals surface area contributed by atoms with E-state index in [2.05, 4.69) is 45.6 Å². The zero-order valence-electron chi connectivity index (χ0n) is 23.0. The molecule has 0 aromatic heterocycles. The molecule has 2 atom stereocenters. The molecule has 0 aliphatic carbocycles. The van der Waals surface area contributed by atoms with E-state index in [1.54, 1.807) is 11.9 Å². The number of amides is 1. The van der Waals surface area contributed by atoms with E-state index >= 15 is 0 Å². The van der Waals surface area contributed by atoms with Crippen LogP contribution in [0.5, 0.6) is 0 Å². The Morgan fingerprint density at radius 2 is 1.59 bits per heavy atom. The number of piperidine rings is 1. The summed E-state index contributed by atoms with van der Waals surface area (Å²) in [6.45, 7) is 3.01. The van der Waals surface area contributed by atoms with Crippen molar-refractivity contribution in [1.29, 1.82) is 0 Å². The summed E-state index contributed by atoms with van der Waals surface area (Å²) in [5.74, 6) is -0.436. The van der Waals surface area contributed by atoms with Crippen LogP contribution < -0.4 is 4.90 Å². The Morgan fingerprint density at radius 1 is 0.902 bits per heavy atom. The highest BCUT2D eigenvalue weighted by atomic mass is 35.5. The number of rotatable bonds is 6. The summed E-state index contributed by atoms with van der Waals surface area (Å²) in [7, 11) is 1.41. The van der Waals surface area contributed by atoms with E-state index < -0.39 is 5.82 Å².